The first-order chi connectivity index (χ1) is 9.44. The van der Waals surface area contributed by atoms with Gasteiger partial charge in [-0.05, 0) is 37.9 Å². The number of hydrogen-bond donors (Lipinski definition) is 2. The predicted molar refractivity (Wildman–Crippen MR) is 78.3 cm³/mol. The van der Waals surface area contributed by atoms with E-state index in [9.17, 15) is 0 Å². The molecule has 0 unspecified atom stereocenters. The summed E-state index contributed by atoms with van der Waals surface area (Å²) < 4.78 is 16.2. The third-order valence-corrected chi connectivity index (χ3v) is 3.08. The van der Waals surface area contributed by atoms with Crippen LogP contribution < -0.4 is 10.2 Å². The standard InChI is InChI=1S/C14H23BO5/c1-14(2,18-3)8-9-19-10-11-20-13-6-4-12(5-7-13)15(16)17/h4-7,16-17H,8-11H2,1-3H3. The van der Waals surface area contributed by atoms with Crippen LogP contribution in [0, 0.1) is 0 Å². The highest BCUT2D eigenvalue weighted by Crippen LogP contribution is 2.12. The minimum atomic E-state index is -1.45. The summed E-state index contributed by atoms with van der Waals surface area (Å²) >= 11 is 0. The zero-order chi connectivity index (χ0) is 15.0. The maximum absolute atomic E-state index is 8.96. The molecule has 1 aromatic rings. The Balaban J connectivity index is 2.15. The molecule has 112 valence electrons. The molecule has 0 saturated carbocycles. The van der Waals surface area contributed by atoms with Crippen LogP contribution in [0.4, 0.5) is 0 Å². The summed E-state index contributed by atoms with van der Waals surface area (Å²) in [6.07, 6.45) is 0.826. The van der Waals surface area contributed by atoms with Crippen LogP contribution in [0.15, 0.2) is 24.3 Å². The summed E-state index contributed by atoms with van der Waals surface area (Å²) in [6.45, 7) is 5.62. The fraction of sp³-hybridized carbons (Fsp3) is 0.571. The average Bonchev–Trinajstić information content (AvgIpc) is 2.43. The van der Waals surface area contributed by atoms with E-state index >= 15 is 0 Å². The third kappa shape index (κ3) is 6.39. The van der Waals surface area contributed by atoms with Gasteiger partial charge in [-0.3, -0.25) is 0 Å². The second-order valence-electron chi connectivity index (χ2n) is 5.12. The Kier molecular flexibility index (Phi) is 7.02. The molecule has 1 rings (SSSR count). The van der Waals surface area contributed by atoms with Gasteiger partial charge in [-0.15, -0.1) is 0 Å². The molecule has 20 heavy (non-hydrogen) atoms. The highest BCUT2D eigenvalue weighted by atomic mass is 16.5. The van der Waals surface area contributed by atoms with Crippen molar-refractivity contribution in [3.05, 3.63) is 24.3 Å². The molecule has 0 atom stereocenters. The van der Waals surface area contributed by atoms with Gasteiger partial charge in [0.25, 0.3) is 0 Å². The third-order valence-electron chi connectivity index (χ3n) is 3.08. The molecule has 6 heteroatoms. The summed E-state index contributed by atoms with van der Waals surface area (Å²) in [5.41, 5.74) is 0.275. The van der Waals surface area contributed by atoms with Crippen LogP contribution in [-0.4, -0.2) is 49.7 Å². The Morgan fingerprint density at radius 3 is 2.25 bits per heavy atom. The van der Waals surface area contributed by atoms with E-state index in [1.165, 1.54) is 0 Å². The number of ether oxygens (including phenoxy) is 3. The Labute approximate surface area is 120 Å². The van der Waals surface area contributed by atoms with Gasteiger partial charge in [0, 0.05) is 13.7 Å². The van der Waals surface area contributed by atoms with E-state index in [0.29, 0.717) is 31.0 Å². The number of benzene rings is 1. The van der Waals surface area contributed by atoms with Gasteiger partial charge < -0.3 is 24.3 Å². The lowest BCUT2D eigenvalue weighted by molar-refractivity contribution is -0.0128. The van der Waals surface area contributed by atoms with Crippen molar-refractivity contribution in [2.45, 2.75) is 25.9 Å². The number of hydrogen-bond acceptors (Lipinski definition) is 5. The molecule has 0 radical (unpaired) electrons. The van der Waals surface area contributed by atoms with Gasteiger partial charge in [-0.2, -0.15) is 0 Å². The van der Waals surface area contributed by atoms with Gasteiger partial charge in [0.1, 0.15) is 12.4 Å². The van der Waals surface area contributed by atoms with E-state index in [0.717, 1.165) is 6.42 Å². The first kappa shape index (κ1) is 17.0. The summed E-state index contributed by atoms with van der Waals surface area (Å²) in [5, 5.41) is 17.9. The van der Waals surface area contributed by atoms with Crippen LogP contribution in [-0.2, 0) is 9.47 Å². The molecule has 0 heterocycles. The number of methoxy groups -OCH3 is 1. The van der Waals surface area contributed by atoms with Gasteiger partial charge in [0.15, 0.2) is 0 Å². The Morgan fingerprint density at radius 1 is 1.05 bits per heavy atom. The lowest BCUT2D eigenvalue weighted by Gasteiger charge is -2.22. The summed E-state index contributed by atoms with van der Waals surface area (Å²) in [5.74, 6) is 0.676. The van der Waals surface area contributed by atoms with Gasteiger partial charge in [0.05, 0.1) is 12.2 Å². The zero-order valence-electron chi connectivity index (χ0n) is 12.3. The lowest BCUT2D eigenvalue weighted by Crippen LogP contribution is -2.29. The molecule has 0 aliphatic carbocycles. The van der Waals surface area contributed by atoms with Gasteiger partial charge in [-0.1, -0.05) is 12.1 Å². The molecule has 0 saturated heterocycles. The van der Waals surface area contributed by atoms with Crippen molar-refractivity contribution < 1.29 is 24.3 Å². The summed E-state index contributed by atoms with van der Waals surface area (Å²) in [4.78, 5) is 0. The second-order valence-corrected chi connectivity index (χ2v) is 5.12. The number of rotatable bonds is 9. The van der Waals surface area contributed by atoms with E-state index in [4.69, 9.17) is 24.3 Å². The minimum absolute atomic E-state index is 0.165. The van der Waals surface area contributed by atoms with Crippen LogP contribution in [0.2, 0.25) is 0 Å². The van der Waals surface area contributed by atoms with Crippen molar-refractivity contribution in [2.24, 2.45) is 0 Å². The van der Waals surface area contributed by atoms with Crippen LogP contribution in [0.25, 0.3) is 0 Å². The molecule has 5 nitrogen and oxygen atoms in total. The van der Waals surface area contributed by atoms with E-state index in [-0.39, 0.29) is 5.60 Å². The fourth-order valence-corrected chi connectivity index (χ4v) is 1.48. The van der Waals surface area contributed by atoms with E-state index in [1.54, 1.807) is 31.4 Å². The van der Waals surface area contributed by atoms with Crippen LogP contribution in [0.3, 0.4) is 0 Å². The molecule has 0 bridgehead atoms. The monoisotopic (exact) mass is 282 g/mol. The Bertz CT molecular complexity index is 378. The van der Waals surface area contributed by atoms with E-state index in [1.807, 2.05) is 13.8 Å². The first-order valence-electron chi connectivity index (χ1n) is 6.66. The van der Waals surface area contributed by atoms with Gasteiger partial charge in [0.2, 0.25) is 0 Å². The maximum atomic E-state index is 8.96. The van der Waals surface area contributed by atoms with Crippen molar-refractivity contribution >= 4 is 12.6 Å². The Morgan fingerprint density at radius 2 is 1.70 bits per heavy atom. The normalized spacial score (nSPS) is 11.4. The van der Waals surface area contributed by atoms with E-state index in [2.05, 4.69) is 0 Å². The van der Waals surface area contributed by atoms with Crippen LogP contribution >= 0.6 is 0 Å². The van der Waals surface area contributed by atoms with E-state index < -0.39 is 7.12 Å². The van der Waals surface area contributed by atoms with Gasteiger partial charge >= 0.3 is 7.12 Å². The molecular weight excluding hydrogens is 259 g/mol. The maximum Gasteiger partial charge on any atom is 0.488 e. The SMILES string of the molecule is COC(C)(C)CCOCCOc1ccc(B(O)O)cc1. The summed E-state index contributed by atoms with van der Waals surface area (Å²) in [6, 6.07) is 6.62. The molecule has 0 amide bonds. The first-order valence-corrected chi connectivity index (χ1v) is 6.66. The van der Waals surface area contributed by atoms with Crippen molar-refractivity contribution in [1.82, 2.24) is 0 Å². The highest BCUT2D eigenvalue weighted by molar-refractivity contribution is 6.58. The highest BCUT2D eigenvalue weighted by Gasteiger charge is 2.15. The minimum Gasteiger partial charge on any atom is -0.491 e. The van der Waals surface area contributed by atoms with Gasteiger partial charge in [-0.25, -0.2) is 0 Å². The van der Waals surface area contributed by atoms with Crippen molar-refractivity contribution in [2.75, 3.05) is 26.9 Å². The molecule has 0 aromatic heterocycles. The quantitative estimate of drug-likeness (QED) is 0.512. The summed E-state index contributed by atoms with van der Waals surface area (Å²) in [7, 11) is 0.243. The molecule has 0 spiro atoms. The van der Waals surface area contributed by atoms with Crippen molar-refractivity contribution in [3.8, 4) is 5.75 Å². The Hall–Kier alpha value is -1.08. The molecular formula is C14H23BO5. The largest absolute Gasteiger partial charge is 0.491 e. The molecule has 0 fully saturated rings. The smallest absolute Gasteiger partial charge is 0.488 e. The average molecular weight is 282 g/mol. The molecule has 0 aliphatic rings. The second kappa shape index (κ2) is 8.27. The van der Waals surface area contributed by atoms with Crippen molar-refractivity contribution in [1.29, 1.82) is 0 Å². The molecule has 0 aliphatic heterocycles. The van der Waals surface area contributed by atoms with Crippen LogP contribution in [0.1, 0.15) is 20.3 Å². The predicted octanol–water partition coefficient (Wildman–Crippen LogP) is 0.577. The molecule has 2 N–H and O–H groups in total. The van der Waals surface area contributed by atoms with Crippen molar-refractivity contribution in [3.63, 3.8) is 0 Å². The van der Waals surface area contributed by atoms with Crippen LogP contribution in [0.5, 0.6) is 5.75 Å². The lowest BCUT2D eigenvalue weighted by atomic mass is 9.80. The molecule has 1 aromatic carbocycles. The topological polar surface area (TPSA) is 68.2 Å². The zero-order valence-corrected chi connectivity index (χ0v) is 12.3. The fourth-order valence-electron chi connectivity index (χ4n) is 1.48.